The van der Waals surface area contributed by atoms with Crippen LogP contribution in [0.2, 0.25) is 0 Å². The number of aliphatic hydroxyl groups is 1. The van der Waals surface area contributed by atoms with Gasteiger partial charge in [0.05, 0.1) is 0 Å². The van der Waals surface area contributed by atoms with Crippen LogP contribution in [0.5, 0.6) is 0 Å². The molecule has 0 aromatic carbocycles. The SMILES string of the molecule is CCCCC(CC)CO.[Na]. The maximum atomic E-state index is 8.75. The van der Waals surface area contributed by atoms with E-state index in [4.69, 9.17) is 5.11 Å². The number of hydrogen-bond acceptors (Lipinski definition) is 1. The molecule has 1 nitrogen and oxygen atoms in total. The van der Waals surface area contributed by atoms with E-state index in [1.807, 2.05) is 0 Å². The first kappa shape index (κ1) is 13.5. The van der Waals surface area contributed by atoms with Gasteiger partial charge in [-0.2, -0.15) is 0 Å². The Bertz CT molecular complexity index is 53.2. The van der Waals surface area contributed by atoms with E-state index < -0.39 is 0 Å². The molecule has 0 aliphatic carbocycles. The molecule has 0 aliphatic rings. The van der Waals surface area contributed by atoms with E-state index in [1.165, 1.54) is 19.3 Å². The van der Waals surface area contributed by atoms with Crippen LogP contribution in [-0.4, -0.2) is 41.3 Å². The van der Waals surface area contributed by atoms with Gasteiger partial charge in [-0.1, -0.05) is 33.1 Å². The van der Waals surface area contributed by atoms with Crippen molar-refractivity contribution in [2.24, 2.45) is 5.92 Å². The monoisotopic (exact) mass is 153 g/mol. The smallest absolute Gasteiger partial charge is 0.0459 e. The van der Waals surface area contributed by atoms with E-state index in [1.54, 1.807) is 0 Å². The van der Waals surface area contributed by atoms with Crippen LogP contribution in [0.15, 0.2) is 0 Å². The molecule has 0 spiro atoms. The van der Waals surface area contributed by atoms with E-state index in [0.717, 1.165) is 6.42 Å². The Hall–Kier alpha value is 0.960. The first-order valence-electron chi connectivity index (χ1n) is 3.96. The van der Waals surface area contributed by atoms with Crippen molar-refractivity contribution < 1.29 is 5.11 Å². The van der Waals surface area contributed by atoms with Gasteiger partial charge in [0.1, 0.15) is 0 Å². The minimum absolute atomic E-state index is 0. The van der Waals surface area contributed by atoms with E-state index in [9.17, 15) is 0 Å². The second-order valence-electron chi connectivity index (χ2n) is 2.60. The second-order valence-corrected chi connectivity index (χ2v) is 2.60. The minimum atomic E-state index is 0. The van der Waals surface area contributed by atoms with Gasteiger partial charge in [-0.05, 0) is 12.3 Å². The molecule has 1 unspecified atom stereocenters. The summed E-state index contributed by atoms with van der Waals surface area (Å²) in [6, 6.07) is 0. The van der Waals surface area contributed by atoms with Crippen LogP contribution < -0.4 is 0 Å². The molecular weight excluding hydrogens is 135 g/mol. The van der Waals surface area contributed by atoms with Crippen molar-refractivity contribution in [2.45, 2.75) is 39.5 Å². The predicted octanol–water partition coefficient (Wildman–Crippen LogP) is 1.81. The summed E-state index contributed by atoms with van der Waals surface area (Å²) in [6.07, 6.45) is 4.83. The van der Waals surface area contributed by atoms with Gasteiger partial charge in [-0.15, -0.1) is 0 Å². The van der Waals surface area contributed by atoms with E-state index in [0.29, 0.717) is 12.5 Å². The number of hydrogen-bond donors (Lipinski definition) is 1. The van der Waals surface area contributed by atoms with Crippen molar-refractivity contribution in [1.82, 2.24) is 0 Å². The maximum Gasteiger partial charge on any atom is 0.0459 e. The van der Waals surface area contributed by atoms with Gasteiger partial charge < -0.3 is 5.11 Å². The molecule has 0 fully saturated rings. The molecule has 0 aromatic rings. The fourth-order valence-electron chi connectivity index (χ4n) is 0.917. The molecule has 0 rings (SSSR count). The summed E-state index contributed by atoms with van der Waals surface area (Å²) in [7, 11) is 0. The molecule has 0 aromatic heterocycles. The Kier molecular flexibility index (Phi) is 13.5. The Labute approximate surface area is 86.5 Å². The third-order valence-corrected chi connectivity index (χ3v) is 1.80. The average molecular weight is 153 g/mol. The van der Waals surface area contributed by atoms with Crippen LogP contribution >= 0.6 is 0 Å². The van der Waals surface area contributed by atoms with Crippen LogP contribution in [-0.2, 0) is 0 Å². The van der Waals surface area contributed by atoms with Crippen molar-refractivity contribution in [1.29, 1.82) is 0 Å². The fraction of sp³-hybridized carbons (Fsp3) is 1.00. The van der Waals surface area contributed by atoms with Crippen molar-refractivity contribution in [3.63, 3.8) is 0 Å². The largest absolute Gasteiger partial charge is 0.396 e. The Balaban J connectivity index is 0. The third kappa shape index (κ3) is 7.07. The van der Waals surface area contributed by atoms with E-state index >= 15 is 0 Å². The zero-order chi connectivity index (χ0) is 7.11. The molecule has 57 valence electrons. The van der Waals surface area contributed by atoms with Gasteiger partial charge in [0.25, 0.3) is 0 Å². The molecule has 0 aliphatic heterocycles. The first-order chi connectivity index (χ1) is 4.35. The summed E-state index contributed by atoms with van der Waals surface area (Å²) in [5.41, 5.74) is 0. The molecule has 0 bridgehead atoms. The second kappa shape index (κ2) is 9.96. The molecule has 0 saturated heterocycles. The number of aliphatic hydroxyl groups excluding tert-OH is 1. The summed E-state index contributed by atoms with van der Waals surface area (Å²) < 4.78 is 0. The number of unbranched alkanes of at least 4 members (excludes halogenated alkanes) is 1. The summed E-state index contributed by atoms with van der Waals surface area (Å²) >= 11 is 0. The molecule has 0 heterocycles. The minimum Gasteiger partial charge on any atom is -0.396 e. The van der Waals surface area contributed by atoms with Crippen LogP contribution in [0, 0.1) is 5.92 Å². The topological polar surface area (TPSA) is 20.2 Å². The molecular formula is C8H18NaO. The predicted molar refractivity (Wildman–Crippen MR) is 46.1 cm³/mol. The van der Waals surface area contributed by atoms with Gasteiger partial charge in [0, 0.05) is 36.2 Å². The normalized spacial score (nSPS) is 12.3. The number of rotatable bonds is 5. The third-order valence-electron chi connectivity index (χ3n) is 1.80. The summed E-state index contributed by atoms with van der Waals surface area (Å²) in [6.45, 7) is 4.69. The maximum absolute atomic E-state index is 8.75. The van der Waals surface area contributed by atoms with E-state index in [-0.39, 0.29) is 29.6 Å². The molecule has 0 amide bonds. The quantitative estimate of drug-likeness (QED) is 0.597. The Morgan fingerprint density at radius 2 is 1.90 bits per heavy atom. The van der Waals surface area contributed by atoms with Crippen LogP contribution in [0.1, 0.15) is 39.5 Å². The van der Waals surface area contributed by atoms with Crippen molar-refractivity contribution >= 4 is 29.6 Å². The summed E-state index contributed by atoms with van der Waals surface area (Å²) in [4.78, 5) is 0. The van der Waals surface area contributed by atoms with Crippen molar-refractivity contribution in [3.05, 3.63) is 0 Å². The Morgan fingerprint density at radius 1 is 1.30 bits per heavy atom. The van der Waals surface area contributed by atoms with Gasteiger partial charge >= 0.3 is 0 Å². The van der Waals surface area contributed by atoms with Crippen molar-refractivity contribution in [2.75, 3.05) is 6.61 Å². The van der Waals surface area contributed by atoms with Gasteiger partial charge in [0.2, 0.25) is 0 Å². The molecule has 1 atom stereocenters. The zero-order valence-corrected chi connectivity index (χ0v) is 9.56. The summed E-state index contributed by atoms with van der Waals surface area (Å²) in [5.74, 6) is 0.560. The van der Waals surface area contributed by atoms with Gasteiger partial charge in [-0.3, -0.25) is 0 Å². The average Bonchev–Trinajstić information content (AvgIpc) is 1.91. The zero-order valence-electron chi connectivity index (χ0n) is 7.56. The molecule has 10 heavy (non-hydrogen) atoms. The Morgan fingerprint density at radius 3 is 2.20 bits per heavy atom. The standard InChI is InChI=1S/C8H18O.Na/c1-3-5-6-8(4-2)7-9;/h8-9H,3-7H2,1-2H3;. The first-order valence-corrected chi connectivity index (χ1v) is 3.96. The summed E-state index contributed by atoms with van der Waals surface area (Å²) in [5, 5.41) is 8.75. The molecule has 1 N–H and O–H groups in total. The van der Waals surface area contributed by atoms with Crippen LogP contribution in [0.3, 0.4) is 0 Å². The fourth-order valence-corrected chi connectivity index (χ4v) is 0.917. The van der Waals surface area contributed by atoms with Crippen molar-refractivity contribution in [3.8, 4) is 0 Å². The molecule has 2 heteroatoms. The molecule has 0 saturated carbocycles. The van der Waals surface area contributed by atoms with Crippen LogP contribution in [0.4, 0.5) is 0 Å². The van der Waals surface area contributed by atoms with E-state index in [2.05, 4.69) is 13.8 Å². The van der Waals surface area contributed by atoms with Gasteiger partial charge in [0.15, 0.2) is 0 Å². The molecule has 1 radical (unpaired) electrons. The van der Waals surface area contributed by atoms with Crippen LogP contribution in [0.25, 0.3) is 0 Å². The van der Waals surface area contributed by atoms with Gasteiger partial charge in [-0.25, -0.2) is 0 Å².